The summed E-state index contributed by atoms with van der Waals surface area (Å²) in [6.07, 6.45) is 0. The number of hydrogen-bond acceptors (Lipinski definition) is 3. The van der Waals surface area contributed by atoms with Crippen LogP contribution in [0.15, 0.2) is 64.2 Å². The molecule has 0 radical (unpaired) electrons. The highest BCUT2D eigenvalue weighted by Crippen LogP contribution is 2.11. The Morgan fingerprint density at radius 2 is 1.73 bits per heavy atom. The molecule has 0 fully saturated rings. The van der Waals surface area contributed by atoms with Gasteiger partial charge in [0.15, 0.2) is 0 Å². The summed E-state index contributed by atoms with van der Waals surface area (Å²) in [5, 5.41) is 7.27. The Kier molecular flexibility index (Phi) is 5.72. The molecule has 0 bridgehead atoms. The Bertz CT molecular complexity index is 653. The second kappa shape index (κ2) is 7.75. The molecule has 4 nitrogen and oxygen atoms in total. The van der Waals surface area contributed by atoms with Crippen LogP contribution in [0.4, 0.5) is 5.69 Å². The zero-order valence-electron chi connectivity index (χ0n) is 12.5. The number of hydrazone groups is 1. The average Bonchev–Trinajstić information content (AvgIpc) is 2.53. The van der Waals surface area contributed by atoms with E-state index in [9.17, 15) is 4.79 Å². The minimum absolute atomic E-state index is 0.180. The molecule has 5 heteroatoms. The van der Waals surface area contributed by atoms with Gasteiger partial charge in [0.25, 0.3) is 5.91 Å². The summed E-state index contributed by atoms with van der Waals surface area (Å²) in [6, 6.07) is 17.0. The smallest absolute Gasteiger partial charge is 0.262 e. The Morgan fingerprint density at radius 1 is 1.09 bits per heavy atom. The molecule has 114 valence electrons. The Hall–Kier alpha value is -2.14. The third-order valence-corrected chi connectivity index (χ3v) is 3.67. The predicted octanol–water partition coefficient (Wildman–Crippen LogP) is 3.79. The van der Waals surface area contributed by atoms with Gasteiger partial charge in [0.1, 0.15) is 6.04 Å². The van der Waals surface area contributed by atoms with Crippen molar-refractivity contribution in [2.45, 2.75) is 19.9 Å². The monoisotopic (exact) mass is 359 g/mol. The average molecular weight is 360 g/mol. The minimum Gasteiger partial charge on any atom is -0.374 e. The Labute approximate surface area is 138 Å². The molecule has 2 aromatic carbocycles. The van der Waals surface area contributed by atoms with Gasteiger partial charge in [0.2, 0.25) is 0 Å². The van der Waals surface area contributed by atoms with Gasteiger partial charge in [-0.15, -0.1) is 0 Å². The van der Waals surface area contributed by atoms with Crippen LogP contribution in [0.5, 0.6) is 0 Å². The molecule has 22 heavy (non-hydrogen) atoms. The zero-order chi connectivity index (χ0) is 15.9. The first kappa shape index (κ1) is 16.2. The summed E-state index contributed by atoms with van der Waals surface area (Å²) in [6.45, 7) is 3.66. The van der Waals surface area contributed by atoms with E-state index in [4.69, 9.17) is 0 Å². The summed E-state index contributed by atoms with van der Waals surface area (Å²) in [5.74, 6) is -0.180. The number of nitrogens with one attached hydrogen (secondary N) is 2. The molecule has 2 aromatic rings. The van der Waals surface area contributed by atoms with Crippen LogP contribution in [0.3, 0.4) is 0 Å². The van der Waals surface area contributed by atoms with Crippen molar-refractivity contribution in [2.24, 2.45) is 5.10 Å². The molecule has 0 heterocycles. The number of hydrogen-bond donors (Lipinski definition) is 2. The van der Waals surface area contributed by atoms with Gasteiger partial charge in [0.05, 0.1) is 5.71 Å². The van der Waals surface area contributed by atoms with Gasteiger partial charge < -0.3 is 5.32 Å². The maximum absolute atomic E-state index is 12.0. The lowest BCUT2D eigenvalue weighted by Crippen LogP contribution is -2.35. The lowest BCUT2D eigenvalue weighted by molar-refractivity contribution is -0.121. The first-order chi connectivity index (χ1) is 10.6. The number of carbonyl (C=O) groups excluding carboxylic acids is 1. The van der Waals surface area contributed by atoms with Gasteiger partial charge in [-0.1, -0.05) is 46.3 Å². The van der Waals surface area contributed by atoms with Crippen LogP contribution in [0, 0.1) is 0 Å². The van der Waals surface area contributed by atoms with E-state index in [2.05, 4.69) is 31.8 Å². The number of carbonyl (C=O) groups is 1. The lowest BCUT2D eigenvalue weighted by Gasteiger charge is -2.13. The van der Waals surface area contributed by atoms with Crippen molar-refractivity contribution in [3.8, 4) is 0 Å². The van der Waals surface area contributed by atoms with Crippen LogP contribution in [0.25, 0.3) is 0 Å². The fourth-order valence-electron chi connectivity index (χ4n) is 1.84. The van der Waals surface area contributed by atoms with Crippen LogP contribution in [0.1, 0.15) is 19.4 Å². The molecule has 0 aliphatic heterocycles. The summed E-state index contributed by atoms with van der Waals surface area (Å²) in [4.78, 5) is 12.0. The van der Waals surface area contributed by atoms with E-state index in [0.717, 1.165) is 21.4 Å². The van der Waals surface area contributed by atoms with Crippen LogP contribution in [-0.4, -0.2) is 17.7 Å². The first-order valence-electron chi connectivity index (χ1n) is 6.98. The third-order valence-electron chi connectivity index (χ3n) is 3.15. The molecule has 0 saturated heterocycles. The largest absolute Gasteiger partial charge is 0.374 e. The molecule has 1 unspecified atom stereocenters. The van der Waals surface area contributed by atoms with Gasteiger partial charge in [-0.3, -0.25) is 4.79 Å². The van der Waals surface area contributed by atoms with E-state index in [1.54, 1.807) is 6.92 Å². The van der Waals surface area contributed by atoms with Gasteiger partial charge >= 0.3 is 0 Å². The van der Waals surface area contributed by atoms with E-state index >= 15 is 0 Å². The highest BCUT2D eigenvalue weighted by molar-refractivity contribution is 9.10. The van der Waals surface area contributed by atoms with E-state index in [0.29, 0.717) is 0 Å². The second-order valence-electron chi connectivity index (χ2n) is 4.91. The molecule has 0 aliphatic carbocycles. The maximum Gasteiger partial charge on any atom is 0.262 e. The SMILES string of the molecule is CC(=NNC(=O)C(C)Nc1ccccc1)c1ccc(Br)cc1. The number of anilines is 1. The first-order valence-corrected chi connectivity index (χ1v) is 7.77. The molecule has 0 spiro atoms. The Balaban J connectivity index is 1.93. The summed E-state index contributed by atoms with van der Waals surface area (Å²) in [7, 11) is 0. The van der Waals surface area contributed by atoms with E-state index in [1.807, 2.05) is 61.5 Å². The lowest BCUT2D eigenvalue weighted by atomic mass is 10.1. The van der Waals surface area contributed by atoms with E-state index in [1.165, 1.54) is 0 Å². The summed E-state index contributed by atoms with van der Waals surface area (Å²) in [5.41, 5.74) is 5.21. The van der Waals surface area contributed by atoms with Gasteiger partial charge in [-0.2, -0.15) is 5.10 Å². The molecule has 0 saturated carbocycles. The van der Waals surface area contributed by atoms with Crippen molar-refractivity contribution in [1.29, 1.82) is 0 Å². The fraction of sp³-hybridized carbons (Fsp3) is 0.176. The molecule has 2 N–H and O–H groups in total. The van der Waals surface area contributed by atoms with Crippen LogP contribution in [-0.2, 0) is 4.79 Å². The number of benzene rings is 2. The van der Waals surface area contributed by atoms with Gasteiger partial charge in [-0.05, 0) is 43.7 Å². The molecule has 0 aliphatic rings. The topological polar surface area (TPSA) is 53.5 Å². The normalized spacial score (nSPS) is 12.6. The van der Waals surface area contributed by atoms with Crippen molar-refractivity contribution < 1.29 is 4.79 Å². The number of para-hydroxylation sites is 1. The highest BCUT2D eigenvalue weighted by Gasteiger charge is 2.11. The number of rotatable bonds is 5. The maximum atomic E-state index is 12.0. The second-order valence-corrected chi connectivity index (χ2v) is 5.83. The third kappa shape index (κ3) is 4.70. The van der Waals surface area contributed by atoms with E-state index in [-0.39, 0.29) is 11.9 Å². The molecule has 1 atom stereocenters. The Morgan fingerprint density at radius 3 is 2.36 bits per heavy atom. The fourth-order valence-corrected chi connectivity index (χ4v) is 2.11. The zero-order valence-corrected chi connectivity index (χ0v) is 14.1. The van der Waals surface area contributed by atoms with Crippen molar-refractivity contribution >= 4 is 33.2 Å². The molecule has 2 rings (SSSR count). The summed E-state index contributed by atoms with van der Waals surface area (Å²) >= 11 is 3.39. The minimum atomic E-state index is -0.371. The van der Waals surface area contributed by atoms with Crippen LogP contribution >= 0.6 is 15.9 Å². The van der Waals surface area contributed by atoms with Crippen molar-refractivity contribution in [2.75, 3.05) is 5.32 Å². The van der Waals surface area contributed by atoms with Crippen molar-refractivity contribution in [3.63, 3.8) is 0 Å². The van der Waals surface area contributed by atoms with Crippen molar-refractivity contribution in [1.82, 2.24) is 5.43 Å². The van der Waals surface area contributed by atoms with E-state index < -0.39 is 0 Å². The number of amides is 1. The molecular weight excluding hydrogens is 342 g/mol. The quantitative estimate of drug-likeness (QED) is 0.630. The number of nitrogens with zero attached hydrogens (tertiary/aromatic N) is 1. The molecule has 1 amide bonds. The van der Waals surface area contributed by atoms with Gasteiger partial charge in [-0.25, -0.2) is 5.43 Å². The van der Waals surface area contributed by atoms with Crippen LogP contribution in [0.2, 0.25) is 0 Å². The van der Waals surface area contributed by atoms with Gasteiger partial charge in [0, 0.05) is 10.2 Å². The predicted molar refractivity (Wildman–Crippen MR) is 94.0 cm³/mol. The highest BCUT2D eigenvalue weighted by atomic mass is 79.9. The number of halogens is 1. The summed E-state index contributed by atoms with van der Waals surface area (Å²) < 4.78 is 1.01. The van der Waals surface area contributed by atoms with Crippen LogP contribution < -0.4 is 10.7 Å². The van der Waals surface area contributed by atoms with Crippen molar-refractivity contribution in [3.05, 3.63) is 64.6 Å². The molecular formula is C17H18BrN3O. The standard InChI is InChI=1S/C17H18BrN3O/c1-12(14-8-10-15(18)11-9-14)20-21-17(22)13(2)19-16-6-4-3-5-7-16/h3-11,13,19H,1-2H3,(H,21,22). The molecule has 0 aromatic heterocycles.